The van der Waals surface area contributed by atoms with Crippen molar-refractivity contribution in [2.45, 2.75) is 31.2 Å². The van der Waals surface area contributed by atoms with E-state index in [2.05, 4.69) is 5.10 Å². The molecule has 1 aliphatic heterocycles. The summed E-state index contributed by atoms with van der Waals surface area (Å²) in [6.45, 7) is 1.40. The van der Waals surface area contributed by atoms with Crippen molar-refractivity contribution in [3.63, 3.8) is 0 Å². The Morgan fingerprint density at radius 2 is 1.91 bits per heavy atom. The van der Waals surface area contributed by atoms with Crippen molar-refractivity contribution >= 4 is 18.3 Å². The molecule has 0 radical (unpaired) electrons. The zero-order valence-electron chi connectivity index (χ0n) is 12.9. The predicted octanol–water partition coefficient (Wildman–Crippen LogP) is 2.34. The molecule has 0 unspecified atom stereocenters. The third kappa shape index (κ3) is 2.99. The summed E-state index contributed by atoms with van der Waals surface area (Å²) >= 11 is 0. The van der Waals surface area contributed by atoms with Gasteiger partial charge in [-0.2, -0.15) is 5.10 Å². The highest BCUT2D eigenvalue weighted by molar-refractivity contribution is 5.95. The Balaban J connectivity index is 0.00000156. The zero-order valence-corrected chi connectivity index (χ0v) is 13.7. The average molecular weight is 333 g/mol. The number of halogens is 1. The van der Waals surface area contributed by atoms with Crippen molar-refractivity contribution in [1.29, 1.82) is 0 Å². The summed E-state index contributed by atoms with van der Waals surface area (Å²) < 4.78 is 1.93. The highest BCUT2D eigenvalue weighted by Crippen LogP contribution is 2.42. The number of benzene rings is 1. The van der Waals surface area contributed by atoms with Crippen molar-refractivity contribution in [2.75, 3.05) is 13.1 Å². The second-order valence-electron chi connectivity index (χ2n) is 6.27. The number of aromatic nitrogens is 2. The van der Waals surface area contributed by atoms with Crippen LogP contribution in [-0.2, 0) is 0 Å². The summed E-state index contributed by atoms with van der Waals surface area (Å²) in [7, 11) is 0. The van der Waals surface area contributed by atoms with Crippen LogP contribution in [0.1, 0.15) is 41.2 Å². The van der Waals surface area contributed by atoms with E-state index < -0.39 is 0 Å². The quantitative estimate of drug-likeness (QED) is 0.938. The molecule has 0 bridgehead atoms. The van der Waals surface area contributed by atoms with Crippen LogP contribution in [0.3, 0.4) is 0 Å². The number of nitrogens with two attached hydrogens (primary N) is 1. The van der Waals surface area contributed by atoms with E-state index in [-0.39, 0.29) is 24.4 Å². The Hall–Kier alpha value is -1.85. The summed E-state index contributed by atoms with van der Waals surface area (Å²) in [4.78, 5) is 14.7. The molecule has 5 nitrogen and oxygen atoms in total. The molecule has 1 aromatic heterocycles. The van der Waals surface area contributed by atoms with Gasteiger partial charge >= 0.3 is 0 Å². The number of amides is 1. The lowest BCUT2D eigenvalue weighted by Crippen LogP contribution is -2.32. The maximum atomic E-state index is 12.8. The maximum absolute atomic E-state index is 12.8. The van der Waals surface area contributed by atoms with E-state index in [0.717, 1.165) is 42.8 Å². The van der Waals surface area contributed by atoms with Gasteiger partial charge in [0.25, 0.3) is 5.91 Å². The lowest BCUT2D eigenvalue weighted by atomic mass is 10.1. The van der Waals surface area contributed by atoms with Gasteiger partial charge in [0.2, 0.25) is 0 Å². The molecule has 1 aliphatic carbocycles. The molecule has 23 heavy (non-hydrogen) atoms. The topological polar surface area (TPSA) is 64.2 Å². The first kappa shape index (κ1) is 16.0. The summed E-state index contributed by atoms with van der Waals surface area (Å²) in [5, 5.41) is 4.50. The number of nitrogens with zero attached hydrogens (tertiary/aromatic N) is 3. The predicted molar refractivity (Wildman–Crippen MR) is 91.3 cm³/mol. The summed E-state index contributed by atoms with van der Waals surface area (Å²) in [6, 6.07) is 10.1. The Bertz CT molecular complexity index is 696. The van der Waals surface area contributed by atoms with Crippen molar-refractivity contribution < 1.29 is 4.79 Å². The lowest BCUT2D eigenvalue weighted by molar-refractivity contribution is 0.0789. The molecule has 1 saturated carbocycles. The first-order valence-corrected chi connectivity index (χ1v) is 7.92. The van der Waals surface area contributed by atoms with E-state index in [1.807, 2.05) is 39.9 Å². The van der Waals surface area contributed by atoms with Gasteiger partial charge in [0.05, 0.1) is 23.1 Å². The van der Waals surface area contributed by atoms with Gasteiger partial charge in [-0.25, -0.2) is 4.68 Å². The summed E-state index contributed by atoms with van der Waals surface area (Å²) in [5.41, 5.74) is 8.76. The fourth-order valence-electron chi connectivity index (χ4n) is 3.19. The number of carbonyl (C=O) groups is 1. The van der Waals surface area contributed by atoms with Crippen LogP contribution >= 0.6 is 12.4 Å². The highest BCUT2D eigenvalue weighted by Gasteiger charge is 2.35. The first-order chi connectivity index (χ1) is 10.7. The van der Waals surface area contributed by atoms with E-state index >= 15 is 0 Å². The van der Waals surface area contributed by atoms with Crippen molar-refractivity contribution in [1.82, 2.24) is 14.7 Å². The molecule has 0 spiro atoms. The highest BCUT2D eigenvalue weighted by atomic mass is 35.5. The van der Waals surface area contributed by atoms with Gasteiger partial charge < -0.3 is 10.6 Å². The molecule has 2 aromatic rings. The Labute approximate surface area is 141 Å². The van der Waals surface area contributed by atoms with E-state index in [9.17, 15) is 4.79 Å². The number of para-hydroxylation sites is 1. The van der Waals surface area contributed by atoms with Crippen LogP contribution in [0.4, 0.5) is 0 Å². The molecule has 1 atom stereocenters. The van der Waals surface area contributed by atoms with Gasteiger partial charge in [0.15, 0.2) is 0 Å². The van der Waals surface area contributed by atoms with E-state index in [4.69, 9.17) is 5.73 Å². The molecule has 1 saturated heterocycles. The second kappa shape index (κ2) is 6.34. The first-order valence-electron chi connectivity index (χ1n) is 7.92. The molecular formula is C17H21ClN4O. The Morgan fingerprint density at radius 3 is 2.52 bits per heavy atom. The van der Waals surface area contributed by atoms with Crippen LogP contribution in [0.5, 0.6) is 0 Å². The van der Waals surface area contributed by atoms with Crippen molar-refractivity contribution in [3.05, 3.63) is 47.8 Å². The number of carbonyl (C=O) groups excluding carboxylic acids is 1. The minimum absolute atomic E-state index is 0. The standard InChI is InChI=1S/C17H20N4O.ClH/c18-13-8-9-20(11-13)17(22)15-10-19-21(16(15)12-6-7-12)14-4-2-1-3-5-14;/h1-5,10,12-13H,6-9,11,18H2;1H/t13-;/m1./s1. The normalized spacial score (nSPS) is 20.4. The summed E-state index contributed by atoms with van der Waals surface area (Å²) in [5.74, 6) is 0.537. The number of likely N-dealkylation sites (tertiary alicyclic amines) is 1. The molecule has 4 rings (SSSR count). The third-order valence-corrected chi connectivity index (χ3v) is 4.51. The monoisotopic (exact) mass is 332 g/mol. The second-order valence-corrected chi connectivity index (χ2v) is 6.27. The Morgan fingerprint density at radius 1 is 1.17 bits per heavy atom. The molecular weight excluding hydrogens is 312 g/mol. The molecule has 1 amide bonds. The number of hydrogen-bond donors (Lipinski definition) is 1. The van der Waals surface area contributed by atoms with E-state index in [1.54, 1.807) is 6.20 Å². The largest absolute Gasteiger partial charge is 0.337 e. The Kier molecular flexibility index (Phi) is 4.41. The smallest absolute Gasteiger partial charge is 0.257 e. The van der Waals surface area contributed by atoms with Crippen LogP contribution < -0.4 is 5.73 Å². The van der Waals surface area contributed by atoms with E-state index in [1.165, 1.54) is 0 Å². The average Bonchev–Trinajstić information content (AvgIpc) is 3.13. The molecule has 122 valence electrons. The molecule has 2 aliphatic rings. The van der Waals surface area contributed by atoms with Crippen LogP contribution in [0.25, 0.3) is 5.69 Å². The number of hydrogen-bond acceptors (Lipinski definition) is 3. The van der Waals surface area contributed by atoms with Gasteiger partial charge in [-0.1, -0.05) is 18.2 Å². The fourth-order valence-corrected chi connectivity index (χ4v) is 3.19. The van der Waals surface area contributed by atoms with Crippen molar-refractivity contribution in [3.8, 4) is 5.69 Å². The maximum Gasteiger partial charge on any atom is 0.257 e. The summed E-state index contributed by atoms with van der Waals surface area (Å²) in [6.07, 6.45) is 4.89. The van der Waals surface area contributed by atoms with Crippen molar-refractivity contribution in [2.24, 2.45) is 5.73 Å². The molecule has 6 heteroatoms. The SMILES string of the molecule is Cl.N[C@@H]1CCN(C(=O)c2cnn(-c3ccccc3)c2C2CC2)C1. The van der Waals surface area contributed by atoms with Gasteiger partial charge in [0.1, 0.15) is 0 Å². The van der Waals surface area contributed by atoms with Gasteiger partial charge in [-0.15, -0.1) is 12.4 Å². The lowest BCUT2D eigenvalue weighted by Gasteiger charge is -2.16. The van der Waals surface area contributed by atoms with Gasteiger partial charge in [-0.05, 0) is 31.4 Å². The minimum atomic E-state index is 0. The molecule has 1 aromatic carbocycles. The third-order valence-electron chi connectivity index (χ3n) is 4.51. The van der Waals surface area contributed by atoms with Gasteiger partial charge in [0, 0.05) is 25.0 Å². The van der Waals surface area contributed by atoms with Crippen LogP contribution in [0, 0.1) is 0 Å². The van der Waals surface area contributed by atoms with Crippen LogP contribution in [0.2, 0.25) is 0 Å². The molecule has 2 N–H and O–H groups in total. The van der Waals surface area contributed by atoms with Crippen LogP contribution in [0.15, 0.2) is 36.5 Å². The van der Waals surface area contributed by atoms with E-state index in [0.29, 0.717) is 12.5 Å². The van der Waals surface area contributed by atoms with Crippen LogP contribution in [-0.4, -0.2) is 39.7 Å². The van der Waals surface area contributed by atoms with Gasteiger partial charge in [-0.3, -0.25) is 4.79 Å². The number of rotatable bonds is 3. The fraction of sp³-hybridized carbons (Fsp3) is 0.412. The molecule has 2 fully saturated rings. The minimum Gasteiger partial charge on any atom is -0.337 e. The zero-order chi connectivity index (χ0) is 15.1. The molecule has 2 heterocycles.